The number of hydrogen-bond donors (Lipinski definition) is 0. The van der Waals surface area contributed by atoms with Gasteiger partial charge < -0.3 is 14.7 Å². The zero-order chi connectivity index (χ0) is 15.5. The van der Waals surface area contributed by atoms with E-state index in [4.69, 9.17) is 0 Å². The number of nitrogens with zero attached hydrogens (tertiary/aromatic N) is 3. The van der Waals surface area contributed by atoms with Crippen molar-refractivity contribution in [1.82, 2.24) is 14.7 Å². The SMILES string of the molecule is CC.CCCN1CCC(CCCN2CCN(C)CC2)CC1. The lowest BCUT2D eigenvalue weighted by atomic mass is 9.92. The van der Waals surface area contributed by atoms with Crippen LogP contribution in [0.25, 0.3) is 0 Å². The molecule has 0 aromatic heterocycles. The summed E-state index contributed by atoms with van der Waals surface area (Å²) in [6.45, 7) is 16.7. The first-order chi connectivity index (χ1) is 10.3. The summed E-state index contributed by atoms with van der Waals surface area (Å²) in [5.74, 6) is 1.01. The van der Waals surface area contributed by atoms with Crippen LogP contribution >= 0.6 is 0 Å². The maximum atomic E-state index is 2.66. The molecule has 0 radical (unpaired) electrons. The quantitative estimate of drug-likeness (QED) is 0.745. The van der Waals surface area contributed by atoms with Crippen molar-refractivity contribution in [2.45, 2.75) is 52.9 Å². The molecule has 2 saturated heterocycles. The lowest BCUT2D eigenvalue weighted by Crippen LogP contribution is -2.44. The number of likely N-dealkylation sites (tertiary alicyclic amines) is 1. The minimum absolute atomic E-state index is 1.01. The number of hydrogen-bond acceptors (Lipinski definition) is 3. The largest absolute Gasteiger partial charge is 0.304 e. The summed E-state index contributed by atoms with van der Waals surface area (Å²) in [7, 11) is 2.24. The second kappa shape index (κ2) is 11.4. The predicted octanol–water partition coefficient (Wildman–Crippen LogP) is 3.16. The first-order valence-corrected chi connectivity index (χ1v) is 9.41. The predicted molar refractivity (Wildman–Crippen MR) is 94.0 cm³/mol. The third-order valence-electron chi connectivity index (χ3n) is 4.93. The van der Waals surface area contributed by atoms with Gasteiger partial charge in [0.15, 0.2) is 0 Å². The minimum Gasteiger partial charge on any atom is -0.304 e. The zero-order valence-corrected chi connectivity index (χ0v) is 15.1. The highest BCUT2D eigenvalue weighted by Crippen LogP contribution is 2.22. The van der Waals surface area contributed by atoms with E-state index in [1.807, 2.05) is 13.8 Å². The van der Waals surface area contributed by atoms with Crippen molar-refractivity contribution in [2.24, 2.45) is 5.92 Å². The van der Waals surface area contributed by atoms with Crippen LogP contribution in [0, 0.1) is 5.92 Å². The second-order valence-electron chi connectivity index (χ2n) is 6.57. The molecule has 126 valence electrons. The molecule has 0 amide bonds. The molecule has 2 aliphatic heterocycles. The fourth-order valence-electron chi connectivity index (χ4n) is 3.49. The molecule has 2 aliphatic rings. The standard InChI is InChI=1S/C16H33N3.C2H6/c1-3-8-18-10-6-16(7-11-18)5-4-9-19-14-12-17(2)13-15-19;1-2/h16H,3-15H2,1-2H3;1-2H3. The van der Waals surface area contributed by atoms with Gasteiger partial charge in [0, 0.05) is 26.2 Å². The molecular weight excluding hydrogens is 258 g/mol. The Bertz CT molecular complexity index is 229. The maximum absolute atomic E-state index is 2.66. The normalized spacial score (nSPS) is 22.9. The highest BCUT2D eigenvalue weighted by atomic mass is 15.2. The van der Waals surface area contributed by atoms with Gasteiger partial charge in [-0.15, -0.1) is 0 Å². The Hall–Kier alpha value is -0.120. The molecule has 0 saturated carbocycles. The molecule has 0 aliphatic carbocycles. The Morgan fingerprint density at radius 3 is 1.95 bits per heavy atom. The van der Waals surface area contributed by atoms with Gasteiger partial charge in [0.05, 0.1) is 0 Å². The Labute approximate surface area is 133 Å². The van der Waals surface area contributed by atoms with Crippen LogP contribution in [0.4, 0.5) is 0 Å². The Kier molecular flexibility index (Phi) is 10.3. The molecule has 0 spiro atoms. The fraction of sp³-hybridized carbons (Fsp3) is 1.00. The first-order valence-electron chi connectivity index (χ1n) is 9.41. The molecule has 3 heteroatoms. The van der Waals surface area contributed by atoms with Crippen LogP contribution < -0.4 is 0 Å². The molecule has 21 heavy (non-hydrogen) atoms. The first kappa shape index (κ1) is 18.9. The topological polar surface area (TPSA) is 9.72 Å². The lowest BCUT2D eigenvalue weighted by molar-refractivity contribution is 0.142. The van der Waals surface area contributed by atoms with E-state index in [9.17, 15) is 0 Å². The summed E-state index contributed by atoms with van der Waals surface area (Å²) < 4.78 is 0. The van der Waals surface area contributed by atoms with E-state index in [0.717, 1.165) is 5.92 Å². The van der Waals surface area contributed by atoms with Crippen molar-refractivity contribution in [2.75, 3.05) is 59.4 Å². The maximum Gasteiger partial charge on any atom is 0.0110 e. The van der Waals surface area contributed by atoms with Crippen LogP contribution in [0.2, 0.25) is 0 Å². The Morgan fingerprint density at radius 2 is 1.38 bits per heavy atom. The van der Waals surface area contributed by atoms with Crippen LogP contribution in [0.15, 0.2) is 0 Å². The van der Waals surface area contributed by atoms with E-state index >= 15 is 0 Å². The van der Waals surface area contributed by atoms with Crippen molar-refractivity contribution >= 4 is 0 Å². The summed E-state index contributed by atoms with van der Waals surface area (Å²) in [5, 5.41) is 0. The van der Waals surface area contributed by atoms with Gasteiger partial charge in [0.1, 0.15) is 0 Å². The molecule has 0 N–H and O–H groups in total. The molecule has 0 aromatic carbocycles. The van der Waals surface area contributed by atoms with Crippen molar-refractivity contribution < 1.29 is 0 Å². The fourth-order valence-corrected chi connectivity index (χ4v) is 3.49. The molecule has 0 unspecified atom stereocenters. The number of piperidine rings is 1. The second-order valence-corrected chi connectivity index (χ2v) is 6.57. The number of rotatable bonds is 6. The van der Waals surface area contributed by atoms with Crippen molar-refractivity contribution in [3.05, 3.63) is 0 Å². The van der Waals surface area contributed by atoms with Gasteiger partial charge in [-0.25, -0.2) is 0 Å². The van der Waals surface area contributed by atoms with Crippen molar-refractivity contribution in [3.63, 3.8) is 0 Å². The average molecular weight is 298 g/mol. The van der Waals surface area contributed by atoms with Crippen molar-refractivity contribution in [1.29, 1.82) is 0 Å². The highest BCUT2D eigenvalue weighted by Gasteiger charge is 2.19. The van der Waals surface area contributed by atoms with Crippen molar-refractivity contribution in [3.8, 4) is 0 Å². The lowest BCUT2D eigenvalue weighted by Gasteiger charge is -2.34. The van der Waals surface area contributed by atoms with E-state index in [1.165, 1.54) is 84.5 Å². The molecule has 2 rings (SSSR count). The van der Waals surface area contributed by atoms with Gasteiger partial charge in [0.2, 0.25) is 0 Å². The van der Waals surface area contributed by atoms with E-state index in [1.54, 1.807) is 0 Å². The van der Waals surface area contributed by atoms with E-state index in [2.05, 4.69) is 28.7 Å². The van der Waals surface area contributed by atoms with Crippen LogP contribution in [0.1, 0.15) is 52.9 Å². The molecule has 0 atom stereocenters. The smallest absolute Gasteiger partial charge is 0.0110 e. The monoisotopic (exact) mass is 297 g/mol. The van der Waals surface area contributed by atoms with E-state index in [0.29, 0.717) is 0 Å². The average Bonchev–Trinajstić information content (AvgIpc) is 2.53. The molecule has 3 nitrogen and oxygen atoms in total. The van der Waals surface area contributed by atoms with Gasteiger partial charge in [-0.3, -0.25) is 0 Å². The van der Waals surface area contributed by atoms with Crippen LogP contribution in [-0.2, 0) is 0 Å². The Balaban J connectivity index is 0.00000106. The number of likely N-dealkylation sites (N-methyl/N-ethyl adjacent to an activating group) is 1. The highest BCUT2D eigenvalue weighted by molar-refractivity contribution is 4.74. The van der Waals surface area contributed by atoms with E-state index in [-0.39, 0.29) is 0 Å². The Morgan fingerprint density at radius 1 is 0.810 bits per heavy atom. The van der Waals surface area contributed by atoms with E-state index < -0.39 is 0 Å². The van der Waals surface area contributed by atoms with Gasteiger partial charge in [0.25, 0.3) is 0 Å². The van der Waals surface area contributed by atoms with Crippen LogP contribution in [0.3, 0.4) is 0 Å². The molecule has 0 bridgehead atoms. The summed E-state index contributed by atoms with van der Waals surface area (Å²) in [4.78, 5) is 7.75. The minimum atomic E-state index is 1.01. The summed E-state index contributed by atoms with van der Waals surface area (Å²) in [5.41, 5.74) is 0. The van der Waals surface area contributed by atoms with Crippen LogP contribution in [-0.4, -0.2) is 74.1 Å². The van der Waals surface area contributed by atoms with Gasteiger partial charge in [-0.05, 0) is 71.2 Å². The summed E-state index contributed by atoms with van der Waals surface area (Å²) >= 11 is 0. The molecule has 0 aromatic rings. The van der Waals surface area contributed by atoms with Gasteiger partial charge in [-0.2, -0.15) is 0 Å². The molecule has 2 heterocycles. The van der Waals surface area contributed by atoms with Gasteiger partial charge in [-0.1, -0.05) is 20.8 Å². The summed E-state index contributed by atoms with van der Waals surface area (Å²) in [6.07, 6.45) is 7.09. The zero-order valence-electron chi connectivity index (χ0n) is 15.1. The summed E-state index contributed by atoms with van der Waals surface area (Å²) in [6, 6.07) is 0. The van der Waals surface area contributed by atoms with Gasteiger partial charge >= 0.3 is 0 Å². The van der Waals surface area contributed by atoms with Crippen LogP contribution in [0.5, 0.6) is 0 Å². The third kappa shape index (κ3) is 7.62. The third-order valence-corrected chi connectivity index (χ3v) is 4.93. The molecular formula is C18H39N3. The number of piperazine rings is 1. The molecule has 2 fully saturated rings.